The van der Waals surface area contributed by atoms with Gasteiger partial charge < -0.3 is 20.1 Å². The molecule has 0 unspecified atom stereocenters. The predicted molar refractivity (Wildman–Crippen MR) is 88.0 cm³/mol. The van der Waals surface area contributed by atoms with Gasteiger partial charge in [-0.05, 0) is 25.0 Å². The van der Waals surface area contributed by atoms with Crippen molar-refractivity contribution in [3.63, 3.8) is 0 Å². The number of ether oxygens (including phenoxy) is 1. The van der Waals surface area contributed by atoms with Gasteiger partial charge in [0.25, 0.3) is 0 Å². The summed E-state index contributed by atoms with van der Waals surface area (Å²) in [6, 6.07) is 3.00. The summed E-state index contributed by atoms with van der Waals surface area (Å²) < 4.78 is 5.36. The van der Waals surface area contributed by atoms with Crippen LogP contribution in [0.5, 0.6) is 5.75 Å². The van der Waals surface area contributed by atoms with Gasteiger partial charge in [-0.3, -0.25) is 0 Å². The van der Waals surface area contributed by atoms with Gasteiger partial charge in [-0.25, -0.2) is 4.79 Å². The fourth-order valence-electron chi connectivity index (χ4n) is 2.55. The lowest BCUT2D eigenvalue weighted by atomic mass is 10.00. The quantitative estimate of drug-likeness (QED) is 0.877. The Balaban J connectivity index is 2.06. The summed E-state index contributed by atoms with van der Waals surface area (Å²) in [5.74, 6) is 0.820. The van der Waals surface area contributed by atoms with E-state index in [9.17, 15) is 9.90 Å². The second-order valence-corrected chi connectivity index (χ2v) is 6.27. The van der Waals surface area contributed by atoms with E-state index in [4.69, 9.17) is 27.9 Å². The van der Waals surface area contributed by atoms with E-state index in [2.05, 4.69) is 5.32 Å². The molecule has 5 nitrogen and oxygen atoms in total. The number of aliphatic hydroxyl groups excluding tert-OH is 1. The molecule has 0 aromatic heterocycles. The Kier molecular flexibility index (Phi) is 5.78. The van der Waals surface area contributed by atoms with Gasteiger partial charge in [0, 0.05) is 31.3 Å². The number of hydrogen-bond donors (Lipinski definition) is 2. The van der Waals surface area contributed by atoms with Crippen molar-refractivity contribution in [3.05, 3.63) is 22.2 Å². The van der Waals surface area contributed by atoms with Crippen molar-refractivity contribution in [3.8, 4) is 5.75 Å². The van der Waals surface area contributed by atoms with Crippen LogP contribution < -0.4 is 10.1 Å². The minimum atomic E-state index is -0.223. The molecule has 0 bridgehead atoms. The van der Waals surface area contributed by atoms with Crippen molar-refractivity contribution in [2.45, 2.75) is 13.8 Å². The molecule has 1 aliphatic heterocycles. The fraction of sp³-hybridized carbons (Fsp3) is 0.533. The monoisotopic (exact) mass is 346 g/mol. The van der Waals surface area contributed by atoms with Crippen molar-refractivity contribution < 1.29 is 14.6 Å². The van der Waals surface area contributed by atoms with Crippen LogP contribution in [-0.2, 0) is 0 Å². The molecule has 1 saturated heterocycles. The Morgan fingerprint density at radius 1 is 1.41 bits per heavy atom. The highest BCUT2D eigenvalue weighted by Gasteiger charge is 2.31. The van der Waals surface area contributed by atoms with Crippen LogP contribution in [-0.4, -0.2) is 42.3 Å². The van der Waals surface area contributed by atoms with Crippen molar-refractivity contribution in [1.29, 1.82) is 0 Å². The summed E-state index contributed by atoms with van der Waals surface area (Å²) in [4.78, 5) is 14.0. The molecule has 122 valence electrons. The Morgan fingerprint density at radius 3 is 2.55 bits per heavy atom. The van der Waals surface area contributed by atoms with Gasteiger partial charge in [0.15, 0.2) is 5.75 Å². The highest BCUT2D eigenvalue weighted by Crippen LogP contribution is 2.36. The minimum Gasteiger partial charge on any atom is -0.491 e. The number of urea groups is 1. The third-order valence-corrected chi connectivity index (χ3v) is 4.39. The van der Waals surface area contributed by atoms with Crippen LogP contribution in [0, 0.1) is 11.8 Å². The lowest BCUT2D eigenvalue weighted by Crippen LogP contribution is -2.33. The SMILES string of the molecule is CCOc1c(Cl)cc(NC(=O)N2C[C@@H](CO)[C@H](C)C2)cc1Cl. The predicted octanol–water partition coefficient (Wildman–Crippen LogP) is 3.48. The Morgan fingerprint density at radius 2 is 2.05 bits per heavy atom. The largest absolute Gasteiger partial charge is 0.491 e. The van der Waals surface area contributed by atoms with Gasteiger partial charge in [0.1, 0.15) is 0 Å². The number of likely N-dealkylation sites (tertiary alicyclic amines) is 1. The summed E-state index contributed by atoms with van der Waals surface area (Å²) in [5.41, 5.74) is 0.517. The summed E-state index contributed by atoms with van der Waals surface area (Å²) in [6.07, 6.45) is 0. The zero-order valence-electron chi connectivity index (χ0n) is 12.6. The van der Waals surface area contributed by atoms with E-state index in [1.54, 1.807) is 17.0 Å². The Hall–Kier alpha value is -1.17. The van der Waals surface area contributed by atoms with Crippen LogP contribution in [0.25, 0.3) is 0 Å². The maximum absolute atomic E-state index is 12.3. The molecule has 2 atom stereocenters. The van der Waals surface area contributed by atoms with E-state index >= 15 is 0 Å². The van der Waals surface area contributed by atoms with Crippen molar-refractivity contribution >= 4 is 34.9 Å². The first-order valence-electron chi connectivity index (χ1n) is 7.24. The molecule has 0 aliphatic carbocycles. The summed E-state index contributed by atoms with van der Waals surface area (Å²) in [7, 11) is 0. The molecule has 7 heteroatoms. The van der Waals surface area contributed by atoms with Crippen LogP contribution >= 0.6 is 23.2 Å². The summed E-state index contributed by atoms with van der Waals surface area (Å²) >= 11 is 12.2. The molecule has 1 aromatic rings. The molecule has 0 saturated carbocycles. The number of aliphatic hydroxyl groups is 1. The zero-order chi connectivity index (χ0) is 16.3. The third kappa shape index (κ3) is 3.77. The van der Waals surface area contributed by atoms with E-state index in [0.717, 1.165) is 0 Å². The fourth-order valence-corrected chi connectivity index (χ4v) is 3.15. The van der Waals surface area contributed by atoms with Gasteiger partial charge in [0.2, 0.25) is 0 Å². The van der Waals surface area contributed by atoms with Crippen LogP contribution in [0.4, 0.5) is 10.5 Å². The second kappa shape index (κ2) is 7.40. The first-order valence-corrected chi connectivity index (χ1v) is 8.00. The smallest absolute Gasteiger partial charge is 0.321 e. The number of carbonyl (C=O) groups excluding carboxylic acids is 1. The molecule has 2 N–H and O–H groups in total. The molecular weight excluding hydrogens is 327 g/mol. The lowest BCUT2D eigenvalue weighted by Gasteiger charge is -2.18. The van der Waals surface area contributed by atoms with Crippen LogP contribution in [0.3, 0.4) is 0 Å². The Labute approximate surface area is 140 Å². The normalized spacial score (nSPS) is 21.0. The van der Waals surface area contributed by atoms with E-state index in [0.29, 0.717) is 41.2 Å². The number of amides is 2. The average molecular weight is 347 g/mol. The molecule has 2 amide bonds. The minimum absolute atomic E-state index is 0.0889. The van der Waals surface area contributed by atoms with Crippen LogP contribution in [0.2, 0.25) is 10.0 Å². The molecule has 22 heavy (non-hydrogen) atoms. The first kappa shape index (κ1) is 17.2. The summed E-state index contributed by atoms with van der Waals surface area (Å²) in [6.45, 7) is 5.58. The van der Waals surface area contributed by atoms with Crippen LogP contribution in [0.1, 0.15) is 13.8 Å². The van der Waals surface area contributed by atoms with E-state index < -0.39 is 0 Å². The highest BCUT2D eigenvalue weighted by molar-refractivity contribution is 6.37. The van der Waals surface area contributed by atoms with Crippen molar-refractivity contribution in [2.75, 3.05) is 31.6 Å². The van der Waals surface area contributed by atoms with Gasteiger partial charge in [-0.15, -0.1) is 0 Å². The number of rotatable bonds is 4. The number of hydrogen-bond acceptors (Lipinski definition) is 3. The highest BCUT2D eigenvalue weighted by atomic mass is 35.5. The number of nitrogens with zero attached hydrogens (tertiary/aromatic N) is 1. The number of halogens is 2. The van der Waals surface area contributed by atoms with E-state index in [1.165, 1.54) is 0 Å². The van der Waals surface area contributed by atoms with E-state index in [1.807, 2.05) is 13.8 Å². The standard InChI is InChI=1S/C15H20Cl2N2O3/c1-3-22-14-12(16)4-11(5-13(14)17)18-15(21)19-6-9(2)10(7-19)8-20/h4-5,9-10,20H,3,6-8H2,1-2H3,(H,18,21)/t9-,10+/m1/s1. The van der Waals surface area contributed by atoms with Gasteiger partial charge >= 0.3 is 6.03 Å². The molecule has 1 aromatic carbocycles. The molecule has 1 aliphatic rings. The average Bonchev–Trinajstić information content (AvgIpc) is 2.84. The van der Waals surface area contributed by atoms with Gasteiger partial charge in [-0.2, -0.15) is 0 Å². The van der Waals surface area contributed by atoms with Crippen molar-refractivity contribution in [1.82, 2.24) is 4.90 Å². The summed E-state index contributed by atoms with van der Waals surface area (Å²) in [5, 5.41) is 12.8. The number of anilines is 1. The maximum atomic E-state index is 12.3. The molecule has 1 heterocycles. The molecule has 0 spiro atoms. The maximum Gasteiger partial charge on any atom is 0.321 e. The van der Waals surface area contributed by atoms with Crippen molar-refractivity contribution in [2.24, 2.45) is 11.8 Å². The topological polar surface area (TPSA) is 61.8 Å². The Bertz CT molecular complexity index is 531. The lowest BCUT2D eigenvalue weighted by molar-refractivity contribution is 0.202. The zero-order valence-corrected chi connectivity index (χ0v) is 14.1. The second-order valence-electron chi connectivity index (χ2n) is 5.46. The number of benzene rings is 1. The number of carbonyl (C=O) groups is 1. The molecule has 2 rings (SSSR count). The number of nitrogens with one attached hydrogen (secondary N) is 1. The van der Waals surface area contributed by atoms with E-state index in [-0.39, 0.29) is 24.5 Å². The molecule has 0 radical (unpaired) electrons. The van der Waals surface area contributed by atoms with Gasteiger partial charge in [-0.1, -0.05) is 30.1 Å². The third-order valence-electron chi connectivity index (χ3n) is 3.83. The molecule has 1 fully saturated rings. The first-order chi connectivity index (χ1) is 10.5. The van der Waals surface area contributed by atoms with Gasteiger partial charge in [0.05, 0.1) is 16.7 Å². The molecular formula is C15H20Cl2N2O3. The van der Waals surface area contributed by atoms with Crippen LogP contribution in [0.15, 0.2) is 12.1 Å².